The Morgan fingerprint density at radius 2 is 2.04 bits per heavy atom. The van der Waals surface area contributed by atoms with Crippen LogP contribution in [-0.4, -0.2) is 37.1 Å². The molecular formula is C14H16B2N4O3. The SMILES string of the molecule is Bc1cc2nc(C)n(C3CCC(=O)NC3=O)c(=O)c2c(N)c1B. The highest BCUT2D eigenvalue weighted by Crippen LogP contribution is 2.20. The van der Waals surface area contributed by atoms with E-state index < -0.39 is 11.9 Å². The van der Waals surface area contributed by atoms with E-state index in [1.165, 1.54) is 4.57 Å². The summed E-state index contributed by atoms with van der Waals surface area (Å²) in [7, 11) is 3.76. The summed E-state index contributed by atoms with van der Waals surface area (Å²) in [5.41, 5.74) is 8.47. The fourth-order valence-electron chi connectivity index (χ4n) is 3.03. The third-order valence-corrected chi connectivity index (χ3v) is 4.46. The Morgan fingerprint density at radius 1 is 1.35 bits per heavy atom. The van der Waals surface area contributed by atoms with Gasteiger partial charge < -0.3 is 5.73 Å². The first-order chi connectivity index (χ1) is 10.8. The second-order valence-corrected chi connectivity index (χ2v) is 5.93. The molecule has 2 aromatic rings. The number of nitrogens with two attached hydrogens (primary N) is 1. The first-order valence-electron chi connectivity index (χ1n) is 7.43. The highest BCUT2D eigenvalue weighted by molar-refractivity contribution is 6.52. The molecule has 1 atom stereocenters. The second kappa shape index (κ2) is 5.26. The number of aromatic nitrogens is 2. The van der Waals surface area contributed by atoms with Gasteiger partial charge in [-0.05, 0) is 19.4 Å². The fraction of sp³-hybridized carbons (Fsp3) is 0.286. The zero-order chi connectivity index (χ0) is 16.9. The Balaban J connectivity index is 2.29. The lowest BCUT2D eigenvalue weighted by Gasteiger charge is -2.25. The number of hydrogen-bond acceptors (Lipinski definition) is 5. The number of aryl methyl sites for hydroxylation is 1. The van der Waals surface area contributed by atoms with Gasteiger partial charge in [-0.1, -0.05) is 10.9 Å². The number of carbonyl (C=O) groups is 2. The lowest BCUT2D eigenvalue weighted by molar-refractivity contribution is -0.135. The van der Waals surface area contributed by atoms with Gasteiger partial charge in [-0.25, -0.2) is 4.98 Å². The van der Waals surface area contributed by atoms with Crippen LogP contribution in [0.1, 0.15) is 24.7 Å². The Morgan fingerprint density at radius 3 is 2.70 bits per heavy atom. The normalized spacial score (nSPS) is 18.2. The van der Waals surface area contributed by atoms with Crippen molar-refractivity contribution in [2.45, 2.75) is 25.8 Å². The van der Waals surface area contributed by atoms with Crippen molar-refractivity contribution in [3.63, 3.8) is 0 Å². The first kappa shape index (κ1) is 15.3. The molecule has 1 aromatic heterocycles. The van der Waals surface area contributed by atoms with E-state index in [0.717, 1.165) is 10.9 Å². The number of imide groups is 1. The van der Waals surface area contributed by atoms with Crippen LogP contribution in [0.4, 0.5) is 5.69 Å². The van der Waals surface area contributed by atoms with Gasteiger partial charge >= 0.3 is 0 Å². The molecule has 1 aliphatic rings. The van der Waals surface area contributed by atoms with Crippen LogP contribution in [0.5, 0.6) is 0 Å². The minimum Gasteiger partial charge on any atom is -0.398 e. The lowest BCUT2D eigenvalue weighted by atomic mass is 9.78. The van der Waals surface area contributed by atoms with Crippen molar-refractivity contribution in [1.82, 2.24) is 14.9 Å². The summed E-state index contributed by atoms with van der Waals surface area (Å²) in [6.07, 6.45) is 0.478. The molecule has 1 fully saturated rings. The zero-order valence-electron chi connectivity index (χ0n) is 13.3. The predicted molar refractivity (Wildman–Crippen MR) is 92.9 cm³/mol. The molecule has 0 radical (unpaired) electrons. The molecule has 1 unspecified atom stereocenters. The van der Waals surface area contributed by atoms with Gasteiger partial charge in [-0.2, -0.15) is 0 Å². The smallest absolute Gasteiger partial charge is 0.264 e. The molecule has 1 aliphatic heterocycles. The van der Waals surface area contributed by atoms with E-state index in [1.54, 1.807) is 6.92 Å². The van der Waals surface area contributed by atoms with Crippen molar-refractivity contribution in [1.29, 1.82) is 0 Å². The van der Waals surface area contributed by atoms with Gasteiger partial charge in [-0.15, -0.1) is 0 Å². The number of amides is 2. The molecular weight excluding hydrogens is 294 g/mol. The Bertz CT molecular complexity index is 923. The third-order valence-electron chi connectivity index (χ3n) is 4.46. The van der Waals surface area contributed by atoms with Gasteiger partial charge in [0.15, 0.2) is 0 Å². The summed E-state index contributed by atoms with van der Waals surface area (Å²) < 4.78 is 1.34. The van der Waals surface area contributed by atoms with Gasteiger partial charge in [0, 0.05) is 12.1 Å². The number of rotatable bonds is 1. The molecule has 0 saturated carbocycles. The van der Waals surface area contributed by atoms with Gasteiger partial charge in [0.05, 0.1) is 10.9 Å². The average molecular weight is 310 g/mol. The van der Waals surface area contributed by atoms with E-state index in [9.17, 15) is 14.4 Å². The molecule has 2 heterocycles. The molecule has 0 aliphatic carbocycles. The summed E-state index contributed by atoms with van der Waals surface area (Å²) in [5.74, 6) is -0.369. The number of fused-ring (bicyclic) bond motifs is 1. The molecule has 23 heavy (non-hydrogen) atoms. The molecule has 1 aromatic carbocycles. The summed E-state index contributed by atoms with van der Waals surface area (Å²) >= 11 is 0. The van der Waals surface area contributed by atoms with Crippen molar-refractivity contribution in [2.24, 2.45) is 0 Å². The Kier molecular flexibility index (Phi) is 3.50. The molecule has 116 valence electrons. The predicted octanol–water partition coefficient (Wildman–Crippen LogP) is -3.22. The maximum atomic E-state index is 12.9. The van der Waals surface area contributed by atoms with E-state index in [2.05, 4.69) is 10.3 Å². The second-order valence-electron chi connectivity index (χ2n) is 5.93. The molecule has 7 nitrogen and oxygen atoms in total. The summed E-state index contributed by atoms with van der Waals surface area (Å²) in [6, 6.07) is 1.09. The third kappa shape index (κ3) is 2.32. The van der Waals surface area contributed by atoms with E-state index in [-0.39, 0.29) is 24.3 Å². The molecule has 2 amide bonds. The number of nitrogen functional groups attached to an aromatic ring is 1. The molecule has 9 heteroatoms. The zero-order valence-corrected chi connectivity index (χ0v) is 13.3. The van der Waals surface area contributed by atoms with Crippen molar-refractivity contribution in [2.75, 3.05) is 5.73 Å². The highest BCUT2D eigenvalue weighted by Gasteiger charge is 2.30. The number of piperidine rings is 1. The number of nitrogens with one attached hydrogen (secondary N) is 1. The molecule has 0 spiro atoms. The van der Waals surface area contributed by atoms with Crippen LogP contribution in [0.2, 0.25) is 0 Å². The van der Waals surface area contributed by atoms with E-state index in [1.807, 2.05) is 21.8 Å². The van der Waals surface area contributed by atoms with Crippen LogP contribution < -0.4 is 27.5 Å². The maximum Gasteiger partial charge on any atom is 0.264 e. The number of carbonyl (C=O) groups excluding carboxylic acids is 2. The molecule has 0 bridgehead atoms. The van der Waals surface area contributed by atoms with Crippen molar-refractivity contribution >= 4 is 55.0 Å². The minimum atomic E-state index is -0.738. The van der Waals surface area contributed by atoms with E-state index >= 15 is 0 Å². The number of hydrogen-bond donors (Lipinski definition) is 2. The van der Waals surface area contributed by atoms with Crippen LogP contribution in [0.3, 0.4) is 0 Å². The van der Waals surface area contributed by atoms with Crippen molar-refractivity contribution < 1.29 is 9.59 Å². The number of benzene rings is 1. The van der Waals surface area contributed by atoms with Gasteiger partial charge in [0.25, 0.3) is 5.56 Å². The van der Waals surface area contributed by atoms with Gasteiger partial charge in [-0.3, -0.25) is 24.3 Å². The van der Waals surface area contributed by atoms with Gasteiger partial charge in [0.1, 0.15) is 27.6 Å². The largest absolute Gasteiger partial charge is 0.398 e. The maximum absolute atomic E-state index is 12.9. The minimum absolute atomic E-state index is 0.197. The van der Waals surface area contributed by atoms with E-state index in [4.69, 9.17) is 5.73 Å². The Hall–Kier alpha value is -2.57. The van der Waals surface area contributed by atoms with E-state index in [0.29, 0.717) is 22.4 Å². The van der Waals surface area contributed by atoms with Crippen LogP contribution in [0.25, 0.3) is 10.9 Å². The fourth-order valence-corrected chi connectivity index (χ4v) is 3.03. The summed E-state index contributed by atoms with van der Waals surface area (Å²) in [4.78, 5) is 40.8. The molecule has 3 N–H and O–H groups in total. The van der Waals surface area contributed by atoms with Crippen molar-refractivity contribution in [3.05, 3.63) is 22.2 Å². The molecule has 3 rings (SSSR count). The average Bonchev–Trinajstić information content (AvgIpc) is 2.46. The summed E-state index contributed by atoms with van der Waals surface area (Å²) in [6.45, 7) is 1.68. The quantitative estimate of drug-likeness (QED) is 0.327. The first-order valence-corrected chi connectivity index (χ1v) is 7.43. The standard InChI is InChI=1S/C14H16B2N4O3/c1-5-18-7-4-6(15)11(16)12(17)10(7)14(23)20(5)8-2-3-9(21)19-13(8)22/h4,8H,2-3,15-17H2,1H3,(H,19,21,22). The number of nitrogens with zero attached hydrogens (tertiary/aromatic N) is 2. The van der Waals surface area contributed by atoms with Gasteiger partial charge in [0.2, 0.25) is 11.8 Å². The van der Waals surface area contributed by atoms with Crippen LogP contribution in [0, 0.1) is 6.92 Å². The lowest BCUT2D eigenvalue weighted by Crippen LogP contribution is -2.45. The van der Waals surface area contributed by atoms with Crippen molar-refractivity contribution in [3.8, 4) is 0 Å². The Labute approximate surface area is 134 Å². The van der Waals surface area contributed by atoms with Crippen LogP contribution in [0.15, 0.2) is 10.9 Å². The van der Waals surface area contributed by atoms with Crippen LogP contribution >= 0.6 is 0 Å². The monoisotopic (exact) mass is 310 g/mol. The topological polar surface area (TPSA) is 107 Å². The number of anilines is 1. The highest BCUT2D eigenvalue weighted by atomic mass is 16.2. The summed E-state index contributed by atoms with van der Waals surface area (Å²) in [5, 5.41) is 2.59. The van der Waals surface area contributed by atoms with Crippen LogP contribution in [-0.2, 0) is 9.59 Å². The molecule has 1 saturated heterocycles.